The van der Waals surface area contributed by atoms with E-state index in [0.717, 1.165) is 18.4 Å². The van der Waals surface area contributed by atoms with E-state index in [0.29, 0.717) is 41.7 Å². The lowest BCUT2D eigenvalue weighted by Crippen LogP contribution is -2.35. The molecule has 1 aliphatic rings. The van der Waals surface area contributed by atoms with Crippen molar-refractivity contribution in [2.24, 2.45) is 7.05 Å². The van der Waals surface area contributed by atoms with Crippen LogP contribution in [0.2, 0.25) is 0 Å². The molecule has 36 heavy (non-hydrogen) atoms. The molecule has 0 atom stereocenters. The molecule has 0 saturated carbocycles. The standard InChI is InChI=1S/C26H22F6N2O2/c1-34-22(21(16-7-3-2-4-8-16)19-9-5-6-10-20(19)24(34)36)23(35)33-14-15-11-17(25(27,28)29)13-18(12-15)26(30,31)32/h2-4,7-8,11-13H,5-6,9-10,14H2,1H3,(H,33,35). The van der Waals surface area contributed by atoms with Gasteiger partial charge in [0.1, 0.15) is 5.69 Å². The number of benzene rings is 2. The lowest BCUT2D eigenvalue weighted by Gasteiger charge is -2.24. The largest absolute Gasteiger partial charge is 0.416 e. The van der Waals surface area contributed by atoms with Crippen LogP contribution in [-0.4, -0.2) is 10.5 Å². The number of hydrogen-bond donors (Lipinski definition) is 1. The Bertz CT molecular complexity index is 1330. The highest BCUT2D eigenvalue weighted by Gasteiger charge is 2.37. The van der Waals surface area contributed by atoms with E-state index in [4.69, 9.17) is 0 Å². The number of fused-ring (bicyclic) bond motifs is 1. The van der Waals surface area contributed by atoms with Gasteiger partial charge in [0.05, 0.1) is 11.1 Å². The number of alkyl halides is 6. The second-order valence-electron chi connectivity index (χ2n) is 8.71. The number of rotatable bonds is 4. The van der Waals surface area contributed by atoms with Gasteiger partial charge in [0.15, 0.2) is 0 Å². The van der Waals surface area contributed by atoms with E-state index in [2.05, 4.69) is 5.32 Å². The summed E-state index contributed by atoms with van der Waals surface area (Å²) in [6.45, 7) is -0.592. The molecule has 4 rings (SSSR count). The molecule has 1 aliphatic carbocycles. The monoisotopic (exact) mass is 508 g/mol. The van der Waals surface area contributed by atoms with Crippen LogP contribution in [0, 0.1) is 0 Å². The second-order valence-corrected chi connectivity index (χ2v) is 8.71. The van der Waals surface area contributed by atoms with Crippen LogP contribution >= 0.6 is 0 Å². The lowest BCUT2D eigenvalue weighted by molar-refractivity contribution is -0.143. The molecule has 1 aromatic heterocycles. The molecule has 0 radical (unpaired) electrons. The molecule has 0 spiro atoms. The summed E-state index contributed by atoms with van der Waals surface area (Å²) in [5, 5.41) is 2.42. The van der Waals surface area contributed by atoms with E-state index < -0.39 is 35.9 Å². The fraction of sp³-hybridized carbons (Fsp3) is 0.308. The SMILES string of the molecule is Cn1c(C(=O)NCc2cc(C(F)(F)F)cc(C(F)(F)F)c2)c(-c2ccccc2)c2c(c1=O)CCCC2. The third-order valence-electron chi connectivity index (χ3n) is 6.28. The first-order chi connectivity index (χ1) is 16.9. The number of aromatic nitrogens is 1. The highest BCUT2D eigenvalue weighted by Crippen LogP contribution is 2.37. The first-order valence-corrected chi connectivity index (χ1v) is 11.2. The van der Waals surface area contributed by atoms with Crippen LogP contribution in [0.15, 0.2) is 53.3 Å². The van der Waals surface area contributed by atoms with Crippen molar-refractivity contribution < 1.29 is 31.1 Å². The number of carbonyl (C=O) groups is 1. The number of halogens is 6. The smallest absolute Gasteiger partial charge is 0.347 e. The third kappa shape index (κ3) is 5.03. The average Bonchev–Trinajstić information content (AvgIpc) is 2.84. The van der Waals surface area contributed by atoms with Gasteiger partial charge in [-0.05, 0) is 60.6 Å². The fourth-order valence-electron chi connectivity index (χ4n) is 4.60. The number of carbonyl (C=O) groups excluding carboxylic acids is 1. The van der Waals surface area contributed by atoms with Gasteiger partial charge in [-0.3, -0.25) is 9.59 Å². The molecule has 1 heterocycles. The van der Waals surface area contributed by atoms with Crippen molar-refractivity contribution in [1.29, 1.82) is 0 Å². The third-order valence-corrected chi connectivity index (χ3v) is 6.28. The van der Waals surface area contributed by atoms with Crippen LogP contribution in [0.25, 0.3) is 11.1 Å². The van der Waals surface area contributed by atoms with Gasteiger partial charge in [0, 0.05) is 24.7 Å². The van der Waals surface area contributed by atoms with Crippen molar-refractivity contribution in [3.05, 3.63) is 92.4 Å². The minimum Gasteiger partial charge on any atom is -0.347 e. The Morgan fingerprint density at radius 1 is 0.889 bits per heavy atom. The number of nitrogens with one attached hydrogen (secondary N) is 1. The summed E-state index contributed by atoms with van der Waals surface area (Å²) in [6.07, 6.45) is -7.19. The summed E-state index contributed by atoms with van der Waals surface area (Å²) in [6, 6.07) is 10.1. The van der Waals surface area contributed by atoms with Gasteiger partial charge in [-0.25, -0.2) is 0 Å². The summed E-state index contributed by atoms with van der Waals surface area (Å²) in [5.74, 6) is -0.771. The van der Waals surface area contributed by atoms with E-state index >= 15 is 0 Å². The summed E-state index contributed by atoms with van der Waals surface area (Å²) in [5.41, 5.74) is -1.02. The zero-order valence-corrected chi connectivity index (χ0v) is 19.2. The number of nitrogens with zero attached hydrogens (tertiary/aromatic N) is 1. The molecular weight excluding hydrogens is 486 g/mol. The maximum atomic E-state index is 13.3. The summed E-state index contributed by atoms with van der Waals surface area (Å²) in [7, 11) is 1.44. The molecule has 0 fully saturated rings. The highest BCUT2D eigenvalue weighted by atomic mass is 19.4. The topological polar surface area (TPSA) is 51.1 Å². The zero-order valence-electron chi connectivity index (χ0n) is 19.2. The van der Waals surface area contributed by atoms with Gasteiger partial charge < -0.3 is 9.88 Å². The minimum absolute atomic E-state index is 0.00914. The first-order valence-electron chi connectivity index (χ1n) is 11.2. The van der Waals surface area contributed by atoms with E-state index in [1.165, 1.54) is 11.6 Å². The molecule has 2 aromatic carbocycles. The van der Waals surface area contributed by atoms with Crippen LogP contribution < -0.4 is 10.9 Å². The van der Waals surface area contributed by atoms with Gasteiger partial charge in [-0.1, -0.05) is 30.3 Å². The Balaban J connectivity index is 1.76. The van der Waals surface area contributed by atoms with Gasteiger partial charge in [0.25, 0.3) is 11.5 Å². The normalized spacial score (nSPS) is 13.9. The molecule has 0 unspecified atom stereocenters. The Hall–Kier alpha value is -3.56. The molecule has 4 nitrogen and oxygen atoms in total. The Labute approximate surface area is 202 Å². The van der Waals surface area contributed by atoms with Gasteiger partial charge in [-0.2, -0.15) is 26.3 Å². The Morgan fingerprint density at radius 3 is 2.00 bits per heavy atom. The zero-order chi connectivity index (χ0) is 26.3. The van der Waals surface area contributed by atoms with Crippen LogP contribution in [0.4, 0.5) is 26.3 Å². The summed E-state index contributed by atoms with van der Waals surface area (Å²) < 4.78 is 80.4. The van der Waals surface area contributed by atoms with Crippen molar-refractivity contribution >= 4 is 5.91 Å². The Kier molecular flexibility index (Phi) is 6.72. The molecule has 10 heteroatoms. The predicted molar refractivity (Wildman–Crippen MR) is 121 cm³/mol. The fourth-order valence-corrected chi connectivity index (χ4v) is 4.60. The first kappa shape index (κ1) is 25.5. The maximum absolute atomic E-state index is 13.3. The van der Waals surface area contributed by atoms with Crippen LogP contribution in [0.1, 0.15) is 51.1 Å². The van der Waals surface area contributed by atoms with Gasteiger partial charge in [-0.15, -0.1) is 0 Å². The minimum atomic E-state index is -5.00. The van der Waals surface area contributed by atoms with Gasteiger partial charge >= 0.3 is 12.4 Å². The number of pyridine rings is 1. The molecule has 0 aliphatic heterocycles. The van der Waals surface area contributed by atoms with Crippen molar-refractivity contribution in [1.82, 2.24) is 9.88 Å². The summed E-state index contributed by atoms with van der Waals surface area (Å²) >= 11 is 0. The second kappa shape index (κ2) is 9.48. The summed E-state index contributed by atoms with van der Waals surface area (Å²) in [4.78, 5) is 26.4. The molecule has 3 aromatic rings. The molecule has 190 valence electrons. The average molecular weight is 508 g/mol. The van der Waals surface area contributed by atoms with Crippen LogP contribution in [0.3, 0.4) is 0 Å². The molecule has 1 amide bonds. The maximum Gasteiger partial charge on any atom is 0.416 e. The quantitative estimate of drug-likeness (QED) is 0.447. The molecule has 1 N–H and O–H groups in total. The van der Waals surface area contributed by atoms with E-state index in [9.17, 15) is 35.9 Å². The van der Waals surface area contributed by atoms with Crippen LogP contribution in [-0.2, 0) is 38.8 Å². The van der Waals surface area contributed by atoms with Crippen molar-refractivity contribution in [2.45, 2.75) is 44.6 Å². The van der Waals surface area contributed by atoms with E-state index in [1.807, 2.05) is 0 Å². The van der Waals surface area contributed by atoms with Crippen LogP contribution in [0.5, 0.6) is 0 Å². The number of hydrogen-bond acceptors (Lipinski definition) is 2. The molecular formula is C26H22F6N2O2. The lowest BCUT2D eigenvalue weighted by atomic mass is 9.85. The molecule has 0 saturated heterocycles. The predicted octanol–water partition coefficient (Wildman–Crippen LogP) is 5.90. The molecule has 0 bridgehead atoms. The van der Waals surface area contributed by atoms with Crippen molar-refractivity contribution in [3.8, 4) is 11.1 Å². The van der Waals surface area contributed by atoms with E-state index in [-0.39, 0.29) is 22.9 Å². The highest BCUT2D eigenvalue weighted by molar-refractivity contribution is 6.00. The van der Waals surface area contributed by atoms with Crippen molar-refractivity contribution in [3.63, 3.8) is 0 Å². The van der Waals surface area contributed by atoms with Crippen molar-refractivity contribution in [2.75, 3.05) is 0 Å². The van der Waals surface area contributed by atoms with Gasteiger partial charge in [0.2, 0.25) is 0 Å². The van der Waals surface area contributed by atoms with E-state index in [1.54, 1.807) is 30.3 Å². The number of amides is 1. The Morgan fingerprint density at radius 2 is 1.44 bits per heavy atom.